The Morgan fingerprint density at radius 2 is 0.860 bits per heavy atom. The highest BCUT2D eigenvalue weighted by Gasteiger charge is 2.50. The minimum absolute atomic E-state index is 0.0227. The summed E-state index contributed by atoms with van der Waals surface area (Å²) in [5.74, 6) is -2.17. The van der Waals surface area contributed by atoms with Crippen LogP contribution in [0, 0.1) is 35.4 Å². The molecular formula is C94H108BBr2Cl5F6N16O15S4. The first-order chi connectivity index (χ1) is 67.4. The number of aliphatic hydroxyl groups is 1. The van der Waals surface area contributed by atoms with Gasteiger partial charge in [0.25, 0.3) is 19.1 Å². The number of aliphatic hydroxyl groups excluding tert-OH is 1. The van der Waals surface area contributed by atoms with Crippen molar-refractivity contribution in [3.8, 4) is 23.5 Å². The van der Waals surface area contributed by atoms with Gasteiger partial charge in [-0.15, -0.1) is 0 Å². The van der Waals surface area contributed by atoms with E-state index < -0.39 is 98.6 Å². The molecule has 0 radical (unpaired) electrons. The van der Waals surface area contributed by atoms with E-state index >= 15 is 0 Å². The highest BCUT2D eigenvalue weighted by molar-refractivity contribution is 9.11. The number of nitrogens with one attached hydrogen (secondary N) is 2. The van der Waals surface area contributed by atoms with Gasteiger partial charge in [-0.25, -0.2) is 91.1 Å². The summed E-state index contributed by atoms with van der Waals surface area (Å²) < 4.78 is 212. The molecule has 1 aliphatic heterocycles. The molecule has 1 saturated heterocycles. The fourth-order valence-corrected chi connectivity index (χ4v) is 20.7. The first-order valence-corrected chi connectivity index (χ1v) is 53.6. The molecule has 0 bridgehead atoms. The molecular weight excluding hydrogens is 2180 g/mol. The van der Waals surface area contributed by atoms with Crippen LogP contribution in [0.1, 0.15) is 138 Å². The van der Waals surface area contributed by atoms with Crippen LogP contribution >= 0.6 is 88.9 Å². The van der Waals surface area contributed by atoms with Gasteiger partial charge < -0.3 is 59.9 Å². The highest BCUT2D eigenvalue weighted by atomic mass is 79.9. The standard InChI is InChI=1S/C27H31ClFN5O3S.C19H14ClF2N3O3S.C12H16BFN2O2.C12H9BrClFN2O3S.C8H18N2.C6H6BrFN2O.C6H4Cl2O2S.C4H10O/c1-34(2)21-12-10-20(11-13-21)32-27-30-15-18(16-31-27)8-9-19-14-23(29)24(33-26(19)37-3)17-38(35,36)25-7-5-4-6-22(25)28;1-28-18-13(7-6-12-9-23-19(22)24-10-12)8-15(21)16(25-18)11-29(26,27)17-5-3-2-4-14(17)20;1-11(2)12(3,4)18-13(17-11)6-5-9-7-15-10(14)16-8-9;1-20-12-7(13)6-9(15)11(16-12)17-21(18,19)10-5-3-2-4-8(10)14;1-10(2)8-5-3-7(9)4-6-8;1-11-6-3(7)2-4(8)5(9)10-6;7-5-3-1-2-4-6(5)11(8,9)10;1-2-3-4-5/h4-9,14-16,20-21H,10-13,17H2,1-3H3,(H,30,31,32);2-10H,11H2,1H3;5-8H,1-4H3;2-6H,1H3,(H,16,17);7-8H,3-6,9H2,1-2H3;2H,1H3,(H2,9,10);1-4H;5H,2-4H2,1H3/b9-8+;7-6+;6-5+;;;;;. The molecule has 7 N–H and O–H groups in total. The number of hydrogen-bond acceptors (Lipinski definition) is 30. The summed E-state index contributed by atoms with van der Waals surface area (Å²) in [4.78, 5) is 42.3. The summed E-state index contributed by atoms with van der Waals surface area (Å²) in [6, 6.07) is 30.6. The second-order valence-electron chi connectivity index (χ2n) is 32.8. The van der Waals surface area contributed by atoms with E-state index in [0.717, 1.165) is 56.7 Å². The van der Waals surface area contributed by atoms with Gasteiger partial charge in [0.05, 0.1) is 89.9 Å². The Hall–Kier alpha value is -9.85. The maximum Gasteiger partial charge on any atom is 0.487 e. The lowest BCUT2D eigenvalue weighted by atomic mass is 9.89. The minimum atomic E-state index is -4.06. The molecule has 4 aromatic carbocycles. The van der Waals surface area contributed by atoms with Crippen molar-refractivity contribution in [1.82, 2.24) is 59.6 Å². The van der Waals surface area contributed by atoms with Gasteiger partial charge in [0.1, 0.15) is 32.9 Å². The Morgan fingerprint density at radius 1 is 0.497 bits per heavy atom. The van der Waals surface area contributed by atoms with Crippen molar-refractivity contribution >= 4 is 183 Å². The van der Waals surface area contributed by atoms with Crippen molar-refractivity contribution in [2.24, 2.45) is 5.73 Å². The van der Waals surface area contributed by atoms with Crippen LogP contribution < -0.4 is 40.5 Å². The predicted octanol–water partition coefficient (Wildman–Crippen LogP) is 20.2. The largest absolute Gasteiger partial charge is 0.487 e. The summed E-state index contributed by atoms with van der Waals surface area (Å²) in [6.07, 6.45) is 26.6. The number of nitrogen functional groups attached to an aromatic ring is 1. The summed E-state index contributed by atoms with van der Waals surface area (Å²) in [5.41, 5.74) is 12.2. The zero-order chi connectivity index (χ0) is 106. The minimum Gasteiger partial charge on any atom is -0.481 e. The van der Waals surface area contributed by atoms with E-state index in [9.17, 15) is 60.0 Å². The Morgan fingerprint density at radius 3 is 1.22 bits per heavy atom. The van der Waals surface area contributed by atoms with Gasteiger partial charge in [0.15, 0.2) is 42.9 Å². The van der Waals surface area contributed by atoms with Gasteiger partial charge in [-0.1, -0.05) is 132 Å². The van der Waals surface area contributed by atoms with Crippen LogP contribution in [0.25, 0.3) is 30.4 Å². The maximum absolute atomic E-state index is 14.9. The average Bonchev–Trinajstić information content (AvgIpc) is 1.65. The molecule has 772 valence electrons. The van der Waals surface area contributed by atoms with Gasteiger partial charge in [-0.3, -0.25) is 4.72 Å². The molecule has 3 aliphatic rings. The van der Waals surface area contributed by atoms with Crippen molar-refractivity contribution < 1.29 is 93.4 Å². The van der Waals surface area contributed by atoms with Crippen LogP contribution in [0.3, 0.4) is 0 Å². The molecule has 2 saturated carbocycles. The summed E-state index contributed by atoms with van der Waals surface area (Å²) >= 11 is 29.5. The van der Waals surface area contributed by atoms with Crippen molar-refractivity contribution in [2.75, 3.05) is 79.0 Å². The Labute approximate surface area is 870 Å². The third kappa shape index (κ3) is 37.9. The molecule has 11 aromatic rings. The first-order valence-electron chi connectivity index (χ1n) is 43.5. The second kappa shape index (κ2) is 56.7. The number of anilines is 3. The number of nitrogens with zero attached hydrogens (tertiary/aromatic N) is 12. The van der Waals surface area contributed by atoms with Crippen molar-refractivity contribution in [1.29, 1.82) is 0 Å². The van der Waals surface area contributed by atoms with Crippen molar-refractivity contribution in [3.63, 3.8) is 0 Å². The van der Waals surface area contributed by atoms with Crippen LogP contribution in [0.5, 0.6) is 23.5 Å². The fourth-order valence-electron chi connectivity index (χ4n) is 13.0. The van der Waals surface area contributed by atoms with Gasteiger partial charge in [-0.05, 0) is 230 Å². The van der Waals surface area contributed by atoms with Crippen LogP contribution in [0.15, 0.2) is 193 Å². The molecule has 0 amide bonds. The summed E-state index contributed by atoms with van der Waals surface area (Å²) in [5, 5.41) is 11.7. The summed E-state index contributed by atoms with van der Waals surface area (Å²) in [6.45, 7) is 10.3. The monoisotopic (exact) mass is 2290 g/mol. The fraction of sp³-hybridized carbons (Fsp3) is 0.340. The third-order valence-electron chi connectivity index (χ3n) is 21.5. The number of methoxy groups -OCH3 is 4. The lowest BCUT2D eigenvalue weighted by Crippen LogP contribution is -2.41. The van der Waals surface area contributed by atoms with E-state index in [4.69, 9.17) is 102 Å². The quantitative estimate of drug-likeness (QED) is 0.0145. The number of hydrogen-bond donors (Lipinski definition) is 5. The molecule has 2 aliphatic carbocycles. The molecule has 7 aromatic heterocycles. The van der Waals surface area contributed by atoms with E-state index in [-0.39, 0.29) is 102 Å². The molecule has 143 heavy (non-hydrogen) atoms. The normalized spacial score (nSPS) is 15.9. The second-order valence-corrected chi connectivity index (χ2v) is 44.2. The summed E-state index contributed by atoms with van der Waals surface area (Å²) in [7, 11) is 3.07. The van der Waals surface area contributed by atoms with E-state index in [1.165, 1.54) is 164 Å². The highest BCUT2D eigenvalue weighted by Crippen LogP contribution is 2.39. The number of unbranched alkanes of at least 4 members (excludes halogenated alkanes) is 1. The van der Waals surface area contributed by atoms with E-state index in [2.05, 4.69) is 132 Å². The number of halogens is 13. The molecule has 8 heterocycles. The van der Waals surface area contributed by atoms with Gasteiger partial charge >= 0.3 is 19.3 Å². The Balaban J connectivity index is 0.000000236. The van der Waals surface area contributed by atoms with Gasteiger partial charge in [-0.2, -0.15) is 18.7 Å². The van der Waals surface area contributed by atoms with Crippen molar-refractivity contribution in [2.45, 2.75) is 165 Å². The lowest BCUT2D eigenvalue weighted by Gasteiger charge is -2.32. The molecule has 0 atom stereocenters. The lowest BCUT2D eigenvalue weighted by molar-refractivity contribution is 0.00578. The number of ether oxygens (including phenoxy) is 4. The molecule has 31 nitrogen and oxygen atoms in total. The Bertz CT molecular complexity index is 6600. The number of benzene rings is 4. The van der Waals surface area contributed by atoms with Gasteiger partial charge in [0, 0.05) is 106 Å². The molecule has 3 fully saturated rings. The maximum atomic E-state index is 14.9. The molecule has 0 unspecified atom stereocenters. The topological polar surface area (TPSA) is 424 Å². The molecule has 0 spiro atoms. The zero-order valence-corrected chi connectivity index (χ0v) is 90.0. The van der Waals surface area contributed by atoms with E-state index in [1.54, 1.807) is 73.0 Å². The zero-order valence-electron chi connectivity index (χ0n) is 79.8. The Kier molecular flexibility index (Phi) is 47.7. The number of nitrogens with two attached hydrogens (primary N) is 2. The SMILES string of the molecule is CC1(C)OB(/C=C/c2cnc(F)nc2)OC1(C)C.CCCCO.CN(C)C1CCC(N)CC1.COc1nc(CS(=O)(=O)c2ccccc2Cl)c(F)cc1/C=C/c1cnc(F)nc1.COc1nc(CS(=O)(=O)c2ccccc2Cl)c(F)cc1/C=C/c1cnc(NC2CCC(N(C)C)CC2)nc1.COc1nc(N)c(F)cc1Br.COc1nc(NS(=O)(=O)c2ccccc2Cl)c(F)cc1Br.O=S(=O)(Cl)c1ccccc1Cl. The number of aromatic nitrogens is 10. The van der Waals surface area contributed by atoms with Crippen molar-refractivity contribution in [3.05, 3.63) is 268 Å². The van der Waals surface area contributed by atoms with Crippen LogP contribution in [-0.2, 0) is 59.6 Å². The number of pyridine rings is 4. The van der Waals surface area contributed by atoms with Gasteiger partial charge in [0.2, 0.25) is 29.5 Å². The average molecular weight is 2290 g/mol. The first kappa shape index (κ1) is 120. The number of rotatable bonds is 26. The number of sulfonamides is 1. The van der Waals surface area contributed by atoms with Crippen LogP contribution in [0.2, 0.25) is 20.1 Å². The van der Waals surface area contributed by atoms with Crippen LogP contribution in [0.4, 0.5) is 43.9 Å². The number of sulfone groups is 2. The molecule has 14 rings (SSSR count). The third-order valence-corrected chi connectivity index (χ3v) is 30.5. The smallest absolute Gasteiger partial charge is 0.481 e. The molecule has 49 heteroatoms. The van der Waals surface area contributed by atoms with Crippen LogP contribution in [-0.4, -0.2) is 204 Å². The predicted molar refractivity (Wildman–Crippen MR) is 552 cm³/mol. The van der Waals surface area contributed by atoms with E-state index in [1.807, 2.05) is 32.4 Å². The van der Waals surface area contributed by atoms with E-state index in [0.29, 0.717) is 57.4 Å².